The highest BCUT2D eigenvalue weighted by atomic mass is 32.2. The minimum Gasteiger partial charge on any atom is -0.490 e. The molecule has 2 aromatic heterocycles. The van der Waals surface area contributed by atoms with Gasteiger partial charge in [-0.15, -0.1) is 10.2 Å². The second kappa shape index (κ2) is 11.2. The summed E-state index contributed by atoms with van der Waals surface area (Å²) < 4.78 is 8.05. The molecule has 0 bridgehead atoms. The fourth-order valence-electron chi connectivity index (χ4n) is 3.91. The van der Waals surface area contributed by atoms with Crippen molar-refractivity contribution in [3.05, 3.63) is 34.8 Å². The minimum absolute atomic E-state index is 0.128. The van der Waals surface area contributed by atoms with Gasteiger partial charge < -0.3 is 19.5 Å². The molecule has 0 saturated heterocycles. The second-order valence-corrected chi connectivity index (χ2v) is 10.5. The summed E-state index contributed by atoms with van der Waals surface area (Å²) in [6.45, 7) is 4.46. The van der Waals surface area contributed by atoms with Gasteiger partial charge in [-0.05, 0) is 63.8 Å². The maximum absolute atomic E-state index is 12.5. The summed E-state index contributed by atoms with van der Waals surface area (Å²) >= 11 is 2.49. The van der Waals surface area contributed by atoms with Crippen LogP contribution in [0.15, 0.2) is 29.4 Å². The van der Waals surface area contributed by atoms with Crippen molar-refractivity contribution in [2.75, 3.05) is 25.2 Å². The number of thiazole rings is 1. The van der Waals surface area contributed by atoms with Crippen molar-refractivity contribution in [3.8, 4) is 17.1 Å². The van der Waals surface area contributed by atoms with E-state index in [1.54, 1.807) is 21.0 Å². The number of benzene rings is 1. The maximum atomic E-state index is 12.5. The smallest absolute Gasteiger partial charge is 0.265 e. The summed E-state index contributed by atoms with van der Waals surface area (Å²) in [5.74, 6) is 1.44. The lowest BCUT2D eigenvalue weighted by Crippen LogP contribution is -2.21. The molecule has 35 heavy (non-hydrogen) atoms. The van der Waals surface area contributed by atoms with Crippen LogP contribution in [0.25, 0.3) is 11.4 Å². The molecule has 2 amide bonds. The zero-order chi connectivity index (χ0) is 24.9. The molecule has 11 heteroatoms. The molecule has 0 aliphatic heterocycles. The van der Waals surface area contributed by atoms with Crippen LogP contribution in [-0.4, -0.2) is 62.4 Å². The first-order valence-electron chi connectivity index (χ1n) is 11.7. The lowest BCUT2D eigenvalue weighted by molar-refractivity contribution is -0.113. The predicted molar refractivity (Wildman–Crippen MR) is 138 cm³/mol. The van der Waals surface area contributed by atoms with Gasteiger partial charge in [-0.1, -0.05) is 23.1 Å². The van der Waals surface area contributed by atoms with E-state index in [4.69, 9.17) is 4.74 Å². The number of hydrogen-bond donors (Lipinski definition) is 1. The van der Waals surface area contributed by atoms with Gasteiger partial charge in [-0.25, -0.2) is 4.98 Å². The SMILES string of the molecule is CCn1c(SCC(=O)Nc2nc(C)c(C(=O)N(C)C)s2)nnc1-c1ccc(OC2CCCC2)cc1. The third-order valence-electron chi connectivity index (χ3n) is 5.73. The molecule has 2 heterocycles. The van der Waals surface area contributed by atoms with Crippen LogP contribution in [0.3, 0.4) is 0 Å². The fraction of sp³-hybridized carbons (Fsp3) is 0.458. The Morgan fingerprint density at radius 2 is 1.91 bits per heavy atom. The molecular weight excluding hydrogens is 484 g/mol. The van der Waals surface area contributed by atoms with Gasteiger partial charge in [0, 0.05) is 26.2 Å². The summed E-state index contributed by atoms with van der Waals surface area (Å²) in [5.41, 5.74) is 1.55. The second-order valence-electron chi connectivity index (χ2n) is 8.57. The van der Waals surface area contributed by atoms with Crippen LogP contribution in [0.1, 0.15) is 48.0 Å². The van der Waals surface area contributed by atoms with Crippen LogP contribution in [0, 0.1) is 6.92 Å². The van der Waals surface area contributed by atoms with E-state index < -0.39 is 0 Å². The van der Waals surface area contributed by atoms with Crippen molar-refractivity contribution in [1.29, 1.82) is 0 Å². The van der Waals surface area contributed by atoms with Gasteiger partial charge >= 0.3 is 0 Å². The summed E-state index contributed by atoms with van der Waals surface area (Å²) in [4.78, 5) is 31.1. The van der Waals surface area contributed by atoms with Gasteiger partial charge in [0.05, 0.1) is 17.6 Å². The van der Waals surface area contributed by atoms with Crippen molar-refractivity contribution in [2.24, 2.45) is 0 Å². The highest BCUT2D eigenvalue weighted by Crippen LogP contribution is 2.29. The van der Waals surface area contributed by atoms with Crippen LogP contribution < -0.4 is 10.1 Å². The Morgan fingerprint density at radius 3 is 2.57 bits per heavy atom. The maximum Gasteiger partial charge on any atom is 0.265 e. The number of thioether (sulfide) groups is 1. The van der Waals surface area contributed by atoms with E-state index in [1.807, 2.05) is 35.8 Å². The van der Waals surface area contributed by atoms with Crippen molar-refractivity contribution >= 4 is 40.0 Å². The Hall–Kier alpha value is -2.92. The molecule has 3 aromatic rings. The summed E-state index contributed by atoms with van der Waals surface area (Å²) in [6.07, 6.45) is 5.04. The van der Waals surface area contributed by atoms with Gasteiger partial charge in [0.25, 0.3) is 5.91 Å². The number of carbonyl (C=O) groups is 2. The van der Waals surface area contributed by atoms with Crippen LogP contribution >= 0.6 is 23.1 Å². The average Bonchev–Trinajstić information content (AvgIpc) is 3.58. The molecule has 1 aliphatic carbocycles. The van der Waals surface area contributed by atoms with Gasteiger partial charge in [-0.2, -0.15) is 0 Å². The molecule has 1 N–H and O–H groups in total. The zero-order valence-electron chi connectivity index (χ0n) is 20.4. The molecule has 9 nitrogen and oxygen atoms in total. The molecule has 0 atom stereocenters. The number of amides is 2. The lowest BCUT2D eigenvalue weighted by atomic mass is 10.2. The molecule has 0 unspecified atom stereocenters. The number of rotatable bonds is 9. The molecule has 1 fully saturated rings. The number of hydrogen-bond acceptors (Lipinski definition) is 8. The molecule has 1 aliphatic rings. The highest BCUT2D eigenvalue weighted by Gasteiger charge is 2.20. The number of anilines is 1. The van der Waals surface area contributed by atoms with Crippen molar-refractivity contribution in [2.45, 2.75) is 57.3 Å². The Labute approximate surface area is 213 Å². The van der Waals surface area contributed by atoms with E-state index in [-0.39, 0.29) is 17.6 Å². The van der Waals surface area contributed by atoms with Gasteiger partial charge in [-0.3, -0.25) is 9.59 Å². The predicted octanol–water partition coefficient (Wildman–Crippen LogP) is 4.48. The lowest BCUT2D eigenvalue weighted by Gasteiger charge is -2.13. The first kappa shape index (κ1) is 25.2. The Bertz CT molecular complexity index is 1180. The fourth-order valence-corrected chi connectivity index (χ4v) is 5.72. The molecule has 0 spiro atoms. The van der Waals surface area contributed by atoms with Crippen molar-refractivity contribution in [3.63, 3.8) is 0 Å². The number of aryl methyl sites for hydroxylation is 1. The Morgan fingerprint density at radius 1 is 1.20 bits per heavy atom. The molecule has 1 saturated carbocycles. The van der Waals surface area contributed by atoms with Crippen molar-refractivity contribution < 1.29 is 14.3 Å². The zero-order valence-corrected chi connectivity index (χ0v) is 22.0. The number of carbonyl (C=O) groups excluding carboxylic acids is 2. The van der Waals surface area contributed by atoms with E-state index in [0.29, 0.717) is 33.5 Å². The summed E-state index contributed by atoms with van der Waals surface area (Å²) in [6, 6.07) is 7.96. The van der Waals surface area contributed by atoms with E-state index in [9.17, 15) is 9.59 Å². The van der Waals surface area contributed by atoms with E-state index in [0.717, 1.165) is 30.0 Å². The first-order valence-corrected chi connectivity index (χ1v) is 13.5. The normalized spacial score (nSPS) is 13.7. The van der Waals surface area contributed by atoms with Crippen LogP contribution in [-0.2, 0) is 11.3 Å². The first-order chi connectivity index (χ1) is 16.9. The van der Waals surface area contributed by atoms with Gasteiger partial charge in [0.15, 0.2) is 16.1 Å². The average molecular weight is 515 g/mol. The summed E-state index contributed by atoms with van der Waals surface area (Å²) in [7, 11) is 3.38. The third-order valence-corrected chi connectivity index (χ3v) is 7.75. The van der Waals surface area contributed by atoms with Crippen LogP contribution in [0.2, 0.25) is 0 Å². The van der Waals surface area contributed by atoms with E-state index in [1.165, 1.54) is 40.8 Å². The monoisotopic (exact) mass is 514 g/mol. The summed E-state index contributed by atoms with van der Waals surface area (Å²) in [5, 5.41) is 12.5. The number of aromatic nitrogens is 4. The molecule has 0 radical (unpaired) electrons. The number of nitrogens with zero attached hydrogens (tertiary/aromatic N) is 5. The Balaban J connectivity index is 1.37. The van der Waals surface area contributed by atoms with Crippen LogP contribution in [0.4, 0.5) is 5.13 Å². The van der Waals surface area contributed by atoms with E-state index >= 15 is 0 Å². The molecule has 4 rings (SSSR count). The van der Waals surface area contributed by atoms with Gasteiger partial charge in [0.1, 0.15) is 10.6 Å². The molecular formula is C24H30N6O3S2. The number of nitrogens with one attached hydrogen (secondary N) is 1. The van der Waals surface area contributed by atoms with Crippen LogP contribution in [0.5, 0.6) is 5.75 Å². The minimum atomic E-state index is -0.215. The topological polar surface area (TPSA) is 102 Å². The number of ether oxygens (including phenoxy) is 1. The van der Waals surface area contributed by atoms with Gasteiger partial charge in [0.2, 0.25) is 5.91 Å². The third kappa shape index (κ3) is 6.02. The van der Waals surface area contributed by atoms with E-state index in [2.05, 4.69) is 20.5 Å². The molecule has 186 valence electrons. The quantitative estimate of drug-likeness (QED) is 0.420. The highest BCUT2D eigenvalue weighted by molar-refractivity contribution is 7.99. The van der Waals surface area contributed by atoms with Crippen molar-refractivity contribution in [1.82, 2.24) is 24.6 Å². The Kier molecular flexibility index (Phi) is 8.07. The molecule has 1 aromatic carbocycles. The standard InChI is InChI=1S/C24H30N6O3S2/c1-5-30-21(16-10-12-18(13-11-16)33-17-8-6-7-9-17)27-28-24(30)34-14-19(31)26-23-25-15(2)20(35-23)22(32)29(3)4/h10-13,17H,5-9,14H2,1-4H3,(H,25,26,31). The largest absolute Gasteiger partial charge is 0.490 e.